The van der Waals surface area contributed by atoms with Gasteiger partial charge in [-0.15, -0.1) is 11.3 Å². The van der Waals surface area contributed by atoms with E-state index in [-0.39, 0.29) is 10.4 Å². The van der Waals surface area contributed by atoms with Gasteiger partial charge in [-0.05, 0) is 12.1 Å². The van der Waals surface area contributed by atoms with E-state index in [0.717, 1.165) is 16.0 Å². The topological polar surface area (TPSA) is 63.6 Å². The summed E-state index contributed by atoms with van der Waals surface area (Å²) in [7, 11) is 1.49. The van der Waals surface area contributed by atoms with Crippen LogP contribution in [-0.4, -0.2) is 24.5 Å². The highest BCUT2D eigenvalue weighted by Crippen LogP contribution is 2.36. The zero-order valence-corrected chi connectivity index (χ0v) is 9.21. The van der Waals surface area contributed by atoms with Crippen LogP contribution >= 0.6 is 11.3 Å². The van der Waals surface area contributed by atoms with Gasteiger partial charge in [0.1, 0.15) is 10.6 Å². The van der Waals surface area contributed by atoms with Crippen LogP contribution in [0.5, 0.6) is 5.75 Å². The van der Waals surface area contributed by atoms with E-state index in [0.29, 0.717) is 17.4 Å². The molecule has 0 saturated carbocycles. The lowest BCUT2D eigenvalue weighted by atomic mass is 10.1. The maximum absolute atomic E-state index is 11.0. The van der Waals surface area contributed by atoms with Gasteiger partial charge in [-0.1, -0.05) is 6.07 Å². The molecule has 5 heteroatoms. The van der Waals surface area contributed by atoms with E-state index in [1.165, 1.54) is 7.11 Å². The van der Waals surface area contributed by atoms with E-state index in [1.54, 1.807) is 18.2 Å². The average molecular weight is 236 g/mol. The molecule has 16 heavy (non-hydrogen) atoms. The number of ether oxygens (including phenoxy) is 1. The molecule has 0 aliphatic carbocycles. The molecule has 0 spiro atoms. The van der Waals surface area contributed by atoms with Crippen molar-refractivity contribution in [2.24, 2.45) is 0 Å². The quantitative estimate of drug-likeness (QED) is 0.831. The third-order valence-corrected chi connectivity index (χ3v) is 3.40. The average Bonchev–Trinajstić information content (AvgIpc) is 2.67. The molecular weight excluding hydrogens is 228 g/mol. The van der Waals surface area contributed by atoms with Crippen LogP contribution < -0.4 is 4.74 Å². The van der Waals surface area contributed by atoms with Gasteiger partial charge in [0, 0.05) is 10.1 Å². The summed E-state index contributed by atoms with van der Waals surface area (Å²) < 4.78 is 5.85. The number of carbonyl (C=O) groups is 2. The van der Waals surface area contributed by atoms with Crippen LogP contribution in [0.15, 0.2) is 18.2 Å². The fraction of sp³-hybridized carbons (Fsp3) is 0.0909. The number of methoxy groups -OCH3 is 1. The van der Waals surface area contributed by atoms with Gasteiger partial charge in [0.2, 0.25) is 0 Å². The zero-order valence-electron chi connectivity index (χ0n) is 8.39. The molecule has 0 aliphatic heterocycles. The molecule has 82 valence electrons. The summed E-state index contributed by atoms with van der Waals surface area (Å²) in [6, 6.07) is 5.23. The number of thiophene rings is 1. The summed E-state index contributed by atoms with van der Waals surface area (Å²) in [5.41, 5.74) is 0.185. The molecule has 0 atom stereocenters. The molecule has 0 bridgehead atoms. The van der Waals surface area contributed by atoms with E-state index in [4.69, 9.17) is 9.84 Å². The first-order chi connectivity index (χ1) is 7.69. The molecule has 2 rings (SSSR count). The van der Waals surface area contributed by atoms with E-state index in [2.05, 4.69) is 0 Å². The first kappa shape index (κ1) is 10.6. The zero-order chi connectivity index (χ0) is 11.7. The number of hydrogen-bond acceptors (Lipinski definition) is 4. The monoisotopic (exact) mass is 236 g/mol. The van der Waals surface area contributed by atoms with Crippen LogP contribution in [0.3, 0.4) is 0 Å². The molecule has 1 aromatic carbocycles. The Kier molecular flexibility index (Phi) is 2.62. The lowest BCUT2D eigenvalue weighted by molar-refractivity contribution is 0.0699. The van der Waals surface area contributed by atoms with Crippen molar-refractivity contribution in [1.82, 2.24) is 0 Å². The molecule has 4 nitrogen and oxygen atoms in total. The number of aromatic carboxylic acids is 1. The number of carboxylic acids is 1. The molecule has 0 saturated heterocycles. The second-order valence-corrected chi connectivity index (χ2v) is 4.15. The number of hydrogen-bond donors (Lipinski definition) is 1. The number of aldehydes is 1. The molecule has 0 amide bonds. The first-order valence-corrected chi connectivity index (χ1v) is 5.28. The largest absolute Gasteiger partial charge is 0.496 e. The second kappa shape index (κ2) is 3.94. The summed E-state index contributed by atoms with van der Waals surface area (Å²) in [4.78, 5) is 22.0. The third-order valence-electron chi connectivity index (χ3n) is 2.25. The van der Waals surface area contributed by atoms with Crippen molar-refractivity contribution in [2.45, 2.75) is 0 Å². The molecule has 0 fully saturated rings. The van der Waals surface area contributed by atoms with Crippen LogP contribution in [-0.2, 0) is 0 Å². The highest BCUT2D eigenvalue weighted by molar-refractivity contribution is 7.21. The summed E-state index contributed by atoms with van der Waals surface area (Å²) in [5.74, 6) is -0.575. The molecule has 1 N–H and O–H groups in total. The first-order valence-electron chi connectivity index (χ1n) is 4.47. The summed E-state index contributed by atoms with van der Waals surface area (Å²) in [6.07, 6.45) is 0.560. The fourth-order valence-corrected chi connectivity index (χ4v) is 2.61. The van der Waals surface area contributed by atoms with Crippen LogP contribution in [0.4, 0.5) is 0 Å². The van der Waals surface area contributed by atoms with Gasteiger partial charge in [-0.2, -0.15) is 0 Å². The number of fused-ring (bicyclic) bond motifs is 1. The highest BCUT2D eigenvalue weighted by atomic mass is 32.1. The third kappa shape index (κ3) is 1.45. The lowest BCUT2D eigenvalue weighted by Gasteiger charge is -2.01. The SMILES string of the molecule is COc1cccc2sc(C(=O)O)c(C=O)c12. The van der Waals surface area contributed by atoms with Gasteiger partial charge in [0.15, 0.2) is 6.29 Å². The lowest BCUT2D eigenvalue weighted by Crippen LogP contribution is -1.96. The Morgan fingerprint density at radius 3 is 2.81 bits per heavy atom. The maximum Gasteiger partial charge on any atom is 0.346 e. The smallest absolute Gasteiger partial charge is 0.346 e. The molecule has 0 unspecified atom stereocenters. The van der Waals surface area contributed by atoms with Crippen LogP contribution in [0.1, 0.15) is 20.0 Å². The van der Waals surface area contributed by atoms with Crippen molar-refractivity contribution >= 4 is 33.7 Å². The Hall–Kier alpha value is -1.88. The number of carboxylic acid groups (broad SMARTS) is 1. The number of benzene rings is 1. The highest BCUT2D eigenvalue weighted by Gasteiger charge is 2.19. The van der Waals surface area contributed by atoms with Crippen LogP contribution in [0.25, 0.3) is 10.1 Å². The summed E-state index contributed by atoms with van der Waals surface area (Å²) >= 11 is 1.08. The Bertz CT molecular complexity index is 571. The van der Waals surface area contributed by atoms with E-state index >= 15 is 0 Å². The standard InChI is InChI=1S/C11H8O4S/c1-15-7-3-2-4-8-9(7)6(5-12)10(16-8)11(13)14/h2-5H,1H3,(H,13,14). The van der Waals surface area contributed by atoms with Crippen molar-refractivity contribution in [2.75, 3.05) is 7.11 Å². The van der Waals surface area contributed by atoms with Gasteiger partial charge < -0.3 is 9.84 Å². The van der Waals surface area contributed by atoms with E-state index < -0.39 is 5.97 Å². The van der Waals surface area contributed by atoms with Crippen molar-refractivity contribution in [3.63, 3.8) is 0 Å². The Morgan fingerprint density at radius 1 is 1.50 bits per heavy atom. The Morgan fingerprint density at radius 2 is 2.25 bits per heavy atom. The van der Waals surface area contributed by atoms with E-state index in [9.17, 15) is 9.59 Å². The minimum atomic E-state index is -1.09. The Balaban J connectivity index is 2.88. The minimum absolute atomic E-state index is 0.0505. The van der Waals surface area contributed by atoms with Crippen molar-refractivity contribution in [3.05, 3.63) is 28.6 Å². The predicted octanol–water partition coefficient (Wildman–Crippen LogP) is 2.42. The van der Waals surface area contributed by atoms with Crippen LogP contribution in [0, 0.1) is 0 Å². The predicted molar refractivity (Wildman–Crippen MR) is 60.7 cm³/mol. The molecule has 1 aromatic heterocycles. The molecule has 0 aliphatic rings. The fourth-order valence-electron chi connectivity index (χ4n) is 1.58. The van der Waals surface area contributed by atoms with Gasteiger partial charge in [-0.3, -0.25) is 4.79 Å². The normalized spacial score (nSPS) is 10.3. The van der Waals surface area contributed by atoms with Gasteiger partial charge in [0.05, 0.1) is 12.7 Å². The van der Waals surface area contributed by atoms with Crippen molar-refractivity contribution in [1.29, 1.82) is 0 Å². The summed E-state index contributed by atoms with van der Waals surface area (Å²) in [6.45, 7) is 0. The van der Waals surface area contributed by atoms with Crippen molar-refractivity contribution in [3.8, 4) is 5.75 Å². The molecule has 1 heterocycles. The Labute approximate surface area is 95.1 Å². The van der Waals surface area contributed by atoms with E-state index in [1.807, 2.05) is 0 Å². The van der Waals surface area contributed by atoms with Gasteiger partial charge in [-0.25, -0.2) is 4.79 Å². The maximum atomic E-state index is 11.0. The summed E-state index contributed by atoms with van der Waals surface area (Å²) in [5, 5.41) is 9.54. The van der Waals surface area contributed by atoms with Gasteiger partial charge in [0.25, 0.3) is 0 Å². The molecule has 2 aromatic rings. The molecule has 0 radical (unpaired) electrons. The second-order valence-electron chi connectivity index (χ2n) is 3.10. The number of rotatable bonds is 3. The molecular formula is C11H8O4S. The van der Waals surface area contributed by atoms with Crippen LogP contribution in [0.2, 0.25) is 0 Å². The minimum Gasteiger partial charge on any atom is -0.496 e. The van der Waals surface area contributed by atoms with Crippen molar-refractivity contribution < 1.29 is 19.4 Å². The van der Waals surface area contributed by atoms with Gasteiger partial charge >= 0.3 is 5.97 Å². The number of carbonyl (C=O) groups excluding carboxylic acids is 1.